The molecule has 4 rings (SSSR count). The van der Waals surface area contributed by atoms with Gasteiger partial charge in [-0.1, -0.05) is 34.6 Å². The summed E-state index contributed by atoms with van der Waals surface area (Å²) in [7, 11) is 3.43. The summed E-state index contributed by atoms with van der Waals surface area (Å²) in [6.45, 7) is 16.4. The lowest BCUT2D eigenvalue weighted by Crippen LogP contribution is -2.65. The van der Waals surface area contributed by atoms with Gasteiger partial charge in [0.15, 0.2) is 6.29 Å². The summed E-state index contributed by atoms with van der Waals surface area (Å²) >= 11 is 0. The van der Waals surface area contributed by atoms with Crippen LogP contribution in [-0.2, 0) is 23.8 Å². The summed E-state index contributed by atoms with van der Waals surface area (Å²) in [6.07, 6.45) is 10.9. The quantitative estimate of drug-likeness (QED) is 0.228. The predicted octanol–water partition coefficient (Wildman–Crippen LogP) is 7.46. The zero-order chi connectivity index (χ0) is 28.1. The van der Waals surface area contributed by atoms with E-state index in [0.29, 0.717) is 42.0 Å². The Labute approximate surface area is 232 Å². The van der Waals surface area contributed by atoms with E-state index >= 15 is 0 Å². The van der Waals surface area contributed by atoms with E-state index in [2.05, 4.69) is 34.6 Å². The molecule has 9 atom stereocenters. The third kappa shape index (κ3) is 4.60. The second-order valence-corrected chi connectivity index (χ2v) is 14.8. The topological polar surface area (TPSA) is 61.8 Å². The number of methoxy groups -OCH3 is 2. The first kappa shape index (κ1) is 30.0. The lowest BCUT2D eigenvalue weighted by molar-refractivity contribution is -0.227. The summed E-state index contributed by atoms with van der Waals surface area (Å²) in [5, 5.41) is 0. The minimum absolute atomic E-state index is 0.0540. The van der Waals surface area contributed by atoms with Gasteiger partial charge < -0.3 is 14.2 Å². The van der Waals surface area contributed by atoms with E-state index in [1.807, 2.05) is 6.92 Å². The van der Waals surface area contributed by atoms with Gasteiger partial charge in [0, 0.05) is 32.5 Å². The van der Waals surface area contributed by atoms with Crippen LogP contribution in [0.4, 0.5) is 0 Å². The molecule has 0 unspecified atom stereocenters. The molecule has 0 spiro atoms. The van der Waals surface area contributed by atoms with Crippen LogP contribution in [0.2, 0.25) is 0 Å². The number of Topliss-reactive ketones (excluding diaryl/α,β-unsaturated/α-hetero) is 1. The number of ether oxygens (including phenoxy) is 3. The molecule has 0 aromatic heterocycles. The number of hydrogen-bond donors (Lipinski definition) is 0. The lowest BCUT2D eigenvalue weighted by atomic mass is 9.34. The number of rotatable bonds is 9. The number of fused-ring (bicyclic) bond motifs is 5. The maximum atomic E-state index is 13.1. The van der Waals surface area contributed by atoms with Crippen LogP contribution in [0.5, 0.6) is 0 Å². The Morgan fingerprint density at radius 3 is 2.13 bits per heavy atom. The van der Waals surface area contributed by atoms with Crippen molar-refractivity contribution in [1.29, 1.82) is 0 Å². The van der Waals surface area contributed by atoms with Gasteiger partial charge in [-0.25, -0.2) is 0 Å². The second-order valence-electron chi connectivity index (χ2n) is 14.8. The average molecular weight is 533 g/mol. The molecule has 0 saturated heterocycles. The third-order valence-electron chi connectivity index (χ3n) is 13.3. The maximum absolute atomic E-state index is 13.1. The summed E-state index contributed by atoms with van der Waals surface area (Å²) in [5.74, 6) is 3.43. The molecule has 4 aliphatic rings. The minimum Gasteiger partial charge on any atom is -0.465 e. The smallest absolute Gasteiger partial charge is 0.302 e. The molecule has 0 aliphatic heterocycles. The highest BCUT2D eigenvalue weighted by Gasteiger charge is 2.69. The number of ketones is 1. The van der Waals surface area contributed by atoms with Gasteiger partial charge in [-0.2, -0.15) is 0 Å². The molecule has 0 bridgehead atoms. The zero-order valence-electron chi connectivity index (χ0n) is 25.9. The third-order valence-corrected chi connectivity index (χ3v) is 13.3. The van der Waals surface area contributed by atoms with Crippen LogP contribution >= 0.6 is 0 Å². The molecule has 4 aliphatic carbocycles. The first-order valence-corrected chi connectivity index (χ1v) is 15.5. The van der Waals surface area contributed by atoms with Crippen molar-refractivity contribution in [2.75, 3.05) is 20.8 Å². The molecule has 5 nitrogen and oxygen atoms in total. The molecule has 0 heterocycles. The van der Waals surface area contributed by atoms with E-state index in [0.717, 1.165) is 32.1 Å². The first-order valence-electron chi connectivity index (χ1n) is 15.5. The van der Waals surface area contributed by atoms with Crippen molar-refractivity contribution >= 4 is 11.8 Å². The molecule has 218 valence electrons. The number of carbonyl (C=O) groups excluding carboxylic acids is 2. The van der Waals surface area contributed by atoms with Crippen molar-refractivity contribution in [3.8, 4) is 0 Å². The number of esters is 1. The molecular weight excluding hydrogens is 476 g/mol. The predicted molar refractivity (Wildman–Crippen MR) is 150 cm³/mol. The van der Waals surface area contributed by atoms with Crippen molar-refractivity contribution in [1.82, 2.24) is 0 Å². The fourth-order valence-electron chi connectivity index (χ4n) is 11.2. The Bertz CT molecular complexity index is 881. The molecule has 4 saturated carbocycles. The van der Waals surface area contributed by atoms with Gasteiger partial charge >= 0.3 is 5.97 Å². The normalized spacial score (nSPS) is 44.4. The standard InChI is InChI=1S/C33H56O5/c1-21(2)24-12-17-33(20-38-23(4)35)19-18-31(6)26(29(24)33)10-11-27-30(5,15-14-28(36-8)37-9)25(22(3)34)13-16-32(27,31)7/h21,24-29H,10-20H2,1-9H3/t24-,25-,26+,27+,29+,30-,31+,32+,33+/m0/s1. The van der Waals surface area contributed by atoms with Crippen LogP contribution in [0.3, 0.4) is 0 Å². The van der Waals surface area contributed by atoms with Crippen molar-refractivity contribution in [2.45, 2.75) is 119 Å². The van der Waals surface area contributed by atoms with Gasteiger partial charge in [0.1, 0.15) is 5.78 Å². The summed E-state index contributed by atoms with van der Waals surface area (Å²) < 4.78 is 17.0. The van der Waals surface area contributed by atoms with Crippen LogP contribution < -0.4 is 0 Å². The van der Waals surface area contributed by atoms with E-state index < -0.39 is 0 Å². The maximum Gasteiger partial charge on any atom is 0.302 e. The molecule has 0 N–H and O–H groups in total. The fraction of sp³-hybridized carbons (Fsp3) is 0.939. The molecule has 5 heteroatoms. The monoisotopic (exact) mass is 532 g/mol. The van der Waals surface area contributed by atoms with Crippen LogP contribution in [0.15, 0.2) is 0 Å². The Kier molecular flexibility index (Phi) is 8.54. The average Bonchev–Trinajstić information content (AvgIpc) is 3.24. The lowest BCUT2D eigenvalue weighted by Gasteiger charge is -2.70. The van der Waals surface area contributed by atoms with Crippen molar-refractivity contribution in [2.24, 2.45) is 57.2 Å². The fourth-order valence-corrected chi connectivity index (χ4v) is 11.2. The summed E-state index contributed by atoms with van der Waals surface area (Å²) in [6, 6.07) is 0. The highest BCUT2D eigenvalue weighted by molar-refractivity contribution is 5.79. The van der Waals surface area contributed by atoms with E-state index in [-0.39, 0.29) is 39.8 Å². The van der Waals surface area contributed by atoms with E-state index in [4.69, 9.17) is 14.2 Å². The van der Waals surface area contributed by atoms with Crippen LogP contribution in [0, 0.1) is 57.2 Å². The Balaban J connectivity index is 1.71. The van der Waals surface area contributed by atoms with Crippen LogP contribution in [0.1, 0.15) is 113 Å². The first-order chi connectivity index (χ1) is 17.8. The van der Waals surface area contributed by atoms with Crippen molar-refractivity contribution < 1.29 is 23.8 Å². The highest BCUT2D eigenvalue weighted by Crippen LogP contribution is 2.76. The molecule has 0 amide bonds. The minimum atomic E-state index is -0.221. The van der Waals surface area contributed by atoms with Crippen molar-refractivity contribution in [3.63, 3.8) is 0 Å². The SMILES string of the molecule is COC(CC[C@]1(C)[C@H]2CC[C@@H]3[C@H]4[C@H](C(C)C)CC[C@]4(COC(C)=O)CC[C@@]3(C)[C@]2(C)CC[C@H]1C(C)=O)OC. The Hall–Kier alpha value is -0.940. The zero-order valence-corrected chi connectivity index (χ0v) is 25.9. The molecule has 38 heavy (non-hydrogen) atoms. The van der Waals surface area contributed by atoms with E-state index in [1.165, 1.54) is 32.1 Å². The molecule has 0 aromatic carbocycles. The van der Waals surface area contributed by atoms with Gasteiger partial charge in [-0.15, -0.1) is 0 Å². The largest absolute Gasteiger partial charge is 0.465 e. The molecule has 4 fully saturated rings. The molecule has 0 radical (unpaired) electrons. The highest BCUT2D eigenvalue weighted by atomic mass is 16.7. The summed E-state index contributed by atoms with van der Waals surface area (Å²) in [5.41, 5.74) is 0.492. The van der Waals surface area contributed by atoms with Gasteiger partial charge in [0.2, 0.25) is 0 Å². The van der Waals surface area contributed by atoms with Crippen LogP contribution in [-0.4, -0.2) is 38.9 Å². The Morgan fingerprint density at radius 1 is 0.868 bits per heavy atom. The number of hydrogen-bond acceptors (Lipinski definition) is 5. The number of carbonyl (C=O) groups is 2. The van der Waals surface area contributed by atoms with E-state index in [1.54, 1.807) is 21.1 Å². The van der Waals surface area contributed by atoms with Gasteiger partial charge in [0.25, 0.3) is 0 Å². The second kappa shape index (κ2) is 10.8. The van der Waals surface area contributed by atoms with Gasteiger partial charge in [0.05, 0.1) is 6.61 Å². The van der Waals surface area contributed by atoms with Crippen LogP contribution in [0.25, 0.3) is 0 Å². The molecular formula is C33H56O5. The summed E-state index contributed by atoms with van der Waals surface area (Å²) in [4.78, 5) is 25.0. The van der Waals surface area contributed by atoms with Crippen molar-refractivity contribution in [3.05, 3.63) is 0 Å². The van der Waals surface area contributed by atoms with Gasteiger partial charge in [-0.3, -0.25) is 9.59 Å². The molecule has 0 aromatic rings. The Morgan fingerprint density at radius 2 is 1.55 bits per heavy atom. The van der Waals surface area contributed by atoms with Gasteiger partial charge in [-0.05, 0) is 117 Å². The van der Waals surface area contributed by atoms with E-state index in [9.17, 15) is 9.59 Å².